The number of aromatic nitrogens is 1. The normalized spacial score (nSPS) is 15.0. The lowest BCUT2D eigenvalue weighted by Crippen LogP contribution is -2.29. The van der Waals surface area contributed by atoms with Gasteiger partial charge in [0.05, 0.1) is 25.5 Å². The molecule has 1 fully saturated rings. The molecule has 3 rings (SSSR count). The maximum Gasteiger partial charge on any atom is 0.137 e. The summed E-state index contributed by atoms with van der Waals surface area (Å²) in [5.41, 5.74) is 9.88. The third kappa shape index (κ3) is 4.67. The van der Waals surface area contributed by atoms with E-state index in [1.165, 1.54) is 24.9 Å². The van der Waals surface area contributed by atoms with Gasteiger partial charge >= 0.3 is 0 Å². The van der Waals surface area contributed by atoms with Crippen molar-refractivity contribution in [1.82, 2.24) is 9.99 Å². The van der Waals surface area contributed by atoms with Gasteiger partial charge in [-0.05, 0) is 43.0 Å². The van der Waals surface area contributed by atoms with E-state index in [0.29, 0.717) is 18.0 Å². The Kier molecular flexibility index (Phi) is 5.96. The molecule has 1 aliphatic heterocycles. The van der Waals surface area contributed by atoms with Gasteiger partial charge in [0.25, 0.3) is 0 Å². The summed E-state index contributed by atoms with van der Waals surface area (Å²) in [6, 6.07) is 10.4. The molecule has 6 heteroatoms. The van der Waals surface area contributed by atoms with Crippen molar-refractivity contribution in [2.45, 2.75) is 25.8 Å². The van der Waals surface area contributed by atoms with Gasteiger partial charge in [0.1, 0.15) is 5.75 Å². The average Bonchev–Trinajstić information content (AvgIpc) is 2.69. The predicted octanol–water partition coefficient (Wildman–Crippen LogP) is 2.71. The second-order valence-electron chi connectivity index (χ2n) is 6.58. The molecule has 0 spiro atoms. The molecule has 4 N–H and O–H groups in total. The van der Waals surface area contributed by atoms with E-state index in [9.17, 15) is 0 Å². The fraction of sp³-hybridized carbons (Fsp3) is 0.350. The van der Waals surface area contributed by atoms with Gasteiger partial charge in [0.15, 0.2) is 0 Å². The van der Waals surface area contributed by atoms with Crippen molar-refractivity contribution in [3.63, 3.8) is 0 Å². The molecule has 0 radical (unpaired) electrons. The second-order valence-corrected chi connectivity index (χ2v) is 6.58. The van der Waals surface area contributed by atoms with Crippen LogP contribution in [0.2, 0.25) is 0 Å². The van der Waals surface area contributed by atoms with Gasteiger partial charge in [-0.2, -0.15) is 0 Å². The first-order valence-electron chi connectivity index (χ1n) is 8.97. The number of nitrogens with two attached hydrogens (primary N) is 2. The number of nitrogens with zero attached hydrogens (tertiary/aromatic N) is 3. The van der Waals surface area contributed by atoms with E-state index in [4.69, 9.17) is 16.3 Å². The van der Waals surface area contributed by atoms with Gasteiger partial charge < -0.3 is 20.4 Å². The highest BCUT2D eigenvalue weighted by molar-refractivity contribution is 5.62. The Morgan fingerprint density at radius 3 is 2.62 bits per heavy atom. The zero-order valence-electron chi connectivity index (χ0n) is 15.3. The van der Waals surface area contributed by atoms with E-state index < -0.39 is 0 Å². The lowest BCUT2D eigenvalue weighted by molar-refractivity contribution is 0.387. The largest absolute Gasteiger partial charge is 0.495 e. The van der Waals surface area contributed by atoms with Crippen LogP contribution in [0.15, 0.2) is 48.9 Å². The summed E-state index contributed by atoms with van der Waals surface area (Å²) in [6.07, 6.45) is 8.95. The Hall–Kier alpha value is -2.73. The third-order valence-electron chi connectivity index (χ3n) is 4.61. The minimum Gasteiger partial charge on any atom is -0.495 e. The summed E-state index contributed by atoms with van der Waals surface area (Å²) in [5.74, 6) is 6.77. The van der Waals surface area contributed by atoms with Crippen LogP contribution in [0.5, 0.6) is 5.75 Å². The number of ether oxygens (including phenoxy) is 1. The molecule has 2 aromatic rings. The molecular weight excluding hydrogens is 326 g/mol. The Morgan fingerprint density at radius 1 is 1.19 bits per heavy atom. The maximum absolute atomic E-state index is 6.13. The number of hydrogen-bond acceptors (Lipinski definition) is 6. The monoisotopic (exact) mass is 353 g/mol. The summed E-state index contributed by atoms with van der Waals surface area (Å²) in [5, 5.41) is 1.59. The van der Waals surface area contributed by atoms with Crippen LogP contribution in [0.25, 0.3) is 5.70 Å². The molecule has 1 saturated heterocycles. The molecule has 0 aliphatic carbocycles. The molecule has 6 nitrogen and oxygen atoms in total. The van der Waals surface area contributed by atoms with Crippen LogP contribution in [0.4, 0.5) is 5.69 Å². The maximum atomic E-state index is 6.13. The Morgan fingerprint density at radius 2 is 1.92 bits per heavy atom. The van der Waals surface area contributed by atoms with Crippen LogP contribution >= 0.6 is 0 Å². The highest BCUT2D eigenvalue weighted by atomic mass is 16.5. The van der Waals surface area contributed by atoms with Crippen LogP contribution in [-0.4, -0.2) is 30.2 Å². The van der Waals surface area contributed by atoms with Crippen molar-refractivity contribution in [2.24, 2.45) is 11.6 Å². The van der Waals surface area contributed by atoms with Gasteiger partial charge in [-0.3, -0.25) is 4.98 Å². The van der Waals surface area contributed by atoms with Crippen molar-refractivity contribution >= 4 is 11.4 Å². The van der Waals surface area contributed by atoms with Gasteiger partial charge in [0.2, 0.25) is 0 Å². The van der Waals surface area contributed by atoms with Crippen molar-refractivity contribution in [1.29, 1.82) is 0 Å². The van der Waals surface area contributed by atoms with Crippen molar-refractivity contribution < 1.29 is 4.74 Å². The quantitative estimate of drug-likeness (QED) is 0.614. The van der Waals surface area contributed by atoms with E-state index in [1.54, 1.807) is 30.7 Å². The standard InChI is InChI=1S/C20H27N5O/c1-26-19-11-17(12-23-13-19)20(21)15-25(22)14-16-5-7-18(8-6-16)24-9-3-2-4-10-24/h5-8,11-13,15H,2-4,9-10,14,21-22H2,1H3/b20-15-. The van der Waals surface area contributed by atoms with Crippen LogP contribution in [-0.2, 0) is 6.54 Å². The molecule has 1 aromatic carbocycles. The highest BCUT2D eigenvalue weighted by Crippen LogP contribution is 2.21. The number of hydrogen-bond donors (Lipinski definition) is 2. The van der Waals surface area contributed by atoms with Gasteiger partial charge in [-0.25, -0.2) is 5.84 Å². The molecule has 138 valence electrons. The van der Waals surface area contributed by atoms with Crippen molar-refractivity contribution in [2.75, 3.05) is 25.1 Å². The van der Waals surface area contributed by atoms with Crippen LogP contribution in [0.1, 0.15) is 30.4 Å². The lowest BCUT2D eigenvalue weighted by Gasteiger charge is -2.29. The molecule has 0 atom stereocenters. The van der Waals surface area contributed by atoms with E-state index in [1.807, 2.05) is 6.07 Å². The first-order valence-corrected chi connectivity index (χ1v) is 8.97. The van der Waals surface area contributed by atoms with Gasteiger partial charge in [0, 0.05) is 36.7 Å². The number of piperidine rings is 1. The van der Waals surface area contributed by atoms with Crippen molar-refractivity contribution in [3.8, 4) is 5.75 Å². The summed E-state index contributed by atoms with van der Waals surface area (Å²) < 4.78 is 5.17. The first-order chi connectivity index (χ1) is 12.7. The fourth-order valence-electron chi connectivity index (χ4n) is 3.16. The molecule has 1 aliphatic rings. The minimum atomic E-state index is 0.545. The van der Waals surface area contributed by atoms with Gasteiger partial charge in [-0.1, -0.05) is 12.1 Å². The molecular formula is C20H27N5O. The molecule has 1 aromatic heterocycles. The van der Waals surface area contributed by atoms with Crippen molar-refractivity contribution in [3.05, 3.63) is 60.1 Å². The van der Waals surface area contributed by atoms with E-state index in [2.05, 4.69) is 34.1 Å². The highest BCUT2D eigenvalue weighted by Gasteiger charge is 2.10. The van der Waals surface area contributed by atoms with Gasteiger partial charge in [-0.15, -0.1) is 0 Å². The summed E-state index contributed by atoms with van der Waals surface area (Å²) in [4.78, 5) is 6.56. The fourth-order valence-corrected chi connectivity index (χ4v) is 3.16. The average molecular weight is 353 g/mol. The SMILES string of the molecule is COc1cncc(/C(N)=C/N(N)Cc2ccc(N3CCCCC3)cc2)c1. The van der Waals surface area contributed by atoms with Crippen LogP contribution in [0.3, 0.4) is 0 Å². The number of rotatable bonds is 6. The number of anilines is 1. The number of hydrazine groups is 1. The first kappa shape index (κ1) is 18.1. The topological polar surface area (TPSA) is 80.6 Å². The number of benzene rings is 1. The molecule has 0 saturated carbocycles. The van der Waals surface area contributed by atoms with E-state index in [-0.39, 0.29) is 0 Å². The smallest absolute Gasteiger partial charge is 0.137 e. The number of pyridine rings is 1. The third-order valence-corrected chi connectivity index (χ3v) is 4.61. The van der Waals surface area contributed by atoms with E-state index in [0.717, 1.165) is 24.2 Å². The summed E-state index contributed by atoms with van der Waals surface area (Å²) in [6.45, 7) is 2.88. The Labute approximate surface area is 155 Å². The molecule has 0 amide bonds. The summed E-state index contributed by atoms with van der Waals surface area (Å²) >= 11 is 0. The zero-order chi connectivity index (χ0) is 18.4. The zero-order valence-corrected chi connectivity index (χ0v) is 15.3. The van der Waals surface area contributed by atoms with E-state index >= 15 is 0 Å². The Balaban J connectivity index is 1.62. The minimum absolute atomic E-state index is 0.545. The molecule has 2 heterocycles. The molecule has 0 unspecified atom stereocenters. The Bertz CT molecular complexity index is 738. The predicted molar refractivity (Wildman–Crippen MR) is 105 cm³/mol. The molecule has 0 bridgehead atoms. The molecule has 26 heavy (non-hydrogen) atoms. The summed E-state index contributed by atoms with van der Waals surface area (Å²) in [7, 11) is 1.60. The second kappa shape index (κ2) is 8.58. The lowest BCUT2D eigenvalue weighted by atomic mass is 10.1. The number of methoxy groups -OCH3 is 1. The van der Waals surface area contributed by atoms with Crippen LogP contribution < -0.4 is 21.2 Å². The van der Waals surface area contributed by atoms with Crippen LogP contribution in [0, 0.1) is 0 Å².